The summed E-state index contributed by atoms with van der Waals surface area (Å²) < 4.78 is 31.5. The normalized spacial score (nSPS) is 11.3. The summed E-state index contributed by atoms with van der Waals surface area (Å²) in [5, 5.41) is 10.1. The summed E-state index contributed by atoms with van der Waals surface area (Å²) in [7, 11) is -2.16. The number of carboxylic acids is 1. The van der Waals surface area contributed by atoms with Gasteiger partial charge < -0.3 is 9.84 Å². The average Bonchev–Trinajstić information content (AvgIpc) is 2.97. The van der Waals surface area contributed by atoms with Crippen LogP contribution in [0.3, 0.4) is 0 Å². The highest BCUT2D eigenvalue weighted by Crippen LogP contribution is 2.20. The maximum atomic E-state index is 12.0. The summed E-state index contributed by atoms with van der Waals surface area (Å²) in [6.07, 6.45) is 0. The lowest BCUT2D eigenvalue weighted by Gasteiger charge is -2.05. The highest BCUT2D eigenvalue weighted by Gasteiger charge is 2.18. The van der Waals surface area contributed by atoms with Gasteiger partial charge in [0.25, 0.3) is 0 Å². The van der Waals surface area contributed by atoms with Gasteiger partial charge in [-0.15, -0.1) is 11.3 Å². The Kier molecular flexibility index (Phi) is 4.61. The van der Waals surface area contributed by atoms with Crippen molar-refractivity contribution < 1.29 is 23.1 Å². The molecule has 112 valence electrons. The van der Waals surface area contributed by atoms with E-state index in [1.165, 1.54) is 5.38 Å². The third-order valence-electron chi connectivity index (χ3n) is 2.71. The second-order valence-corrected chi connectivity index (χ2v) is 7.04. The molecule has 0 saturated carbocycles. The molecule has 0 spiro atoms. The molecule has 0 radical (unpaired) electrons. The number of aromatic carboxylic acids is 1. The number of sulfonamides is 1. The molecule has 0 atom stereocenters. The van der Waals surface area contributed by atoms with Gasteiger partial charge in [0.15, 0.2) is 0 Å². The maximum Gasteiger partial charge on any atom is 0.336 e. The van der Waals surface area contributed by atoms with Crippen molar-refractivity contribution in [3.63, 3.8) is 0 Å². The molecule has 21 heavy (non-hydrogen) atoms. The maximum absolute atomic E-state index is 12.0. The number of hydrogen-bond donors (Lipinski definition) is 2. The first-order valence-electron chi connectivity index (χ1n) is 5.87. The fraction of sp³-hybridized carbons (Fsp3) is 0.154. The summed E-state index contributed by atoms with van der Waals surface area (Å²) in [6, 6.07) is 8.11. The smallest absolute Gasteiger partial charge is 0.336 e. The van der Waals surface area contributed by atoms with Crippen LogP contribution in [0, 0.1) is 0 Å². The molecule has 6 nitrogen and oxygen atoms in total. The number of thiophene rings is 1. The van der Waals surface area contributed by atoms with Crippen molar-refractivity contribution in [2.45, 2.75) is 10.8 Å². The van der Waals surface area contributed by atoms with Gasteiger partial charge in [-0.3, -0.25) is 0 Å². The van der Waals surface area contributed by atoms with Gasteiger partial charge in [0.05, 0.1) is 12.7 Å². The van der Waals surface area contributed by atoms with Gasteiger partial charge in [0, 0.05) is 11.9 Å². The first kappa shape index (κ1) is 15.5. The number of nitrogens with one attached hydrogen (secondary N) is 1. The zero-order chi connectivity index (χ0) is 15.5. The number of methoxy groups -OCH3 is 1. The molecule has 0 aliphatic heterocycles. The number of ether oxygens (including phenoxy) is 1. The van der Waals surface area contributed by atoms with Crippen LogP contribution in [0.15, 0.2) is 39.9 Å². The third kappa shape index (κ3) is 3.81. The number of hydrogen-bond acceptors (Lipinski definition) is 5. The zero-order valence-electron chi connectivity index (χ0n) is 11.1. The number of carboxylic acid groups (broad SMARTS) is 1. The summed E-state index contributed by atoms with van der Waals surface area (Å²) in [4.78, 5) is 10.8. The first-order chi connectivity index (χ1) is 9.92. The van der Waals surface area contributed by atoms with Crippen LogP contribution in [0.1, 0.15) is 15.9 Å². The Hall–Kier alpha value is -1.90. The van der Waals surface area contributed by atoms with E-state index in [1.807, 2.05) is 0 Å². The van der Waals surface area contributed by atoms with Gasteiger partial charge in [0.2, 0.25) is 10.0 Å². The quantitative estimate of drug-likeness (QED) is 0.846. The minimum atomic E-state index is -3.71. The highest BCUT2D eigenvalue weighted by molar-refractivity contribution is 7.91. The monoisotopic (exact) mass is 327 g/mol. The predicted octanol–water partition coefficient (Wildman–Crippen LogP) is 1.93. The molecule has 2 N–H and O–H groups in total. The number of benzene rings is 1. The van der Waals surface area contributed by atoms with E-state index >= 15 is 0 Å². The number of rotatable bonds is 6. The fourth-order valence-electron chi connectivity index (χ4n) is 1.56. The van der Waals surface area contributed by atoms with Gasteiger partial charge in [-0.2, -0.15) is 0 Å². The molecule has 1 aromatic carbocycles. The molecule has 8 heteroatoms. The Labute approximate surface area is 126 Å². The average molecular weight is 327 g/mol. The van der Waals surface area contributed by atoms with Crippen LogP contribution in [0.5, 0.6) is 5.75 Å². The predicted molar refractivity (Wildman–Crippen MR) is 78.3 cm³/mol. The molecule has 0 bridgehead atoms. The largest absolute Gasteiger partial charge is 0.497 e. The molecule has 0 fully saturated rings. The van der Waals surface area contributed by atoms with E-state index in [-0.39, 0.29) is 16.3 Å². The molecule has 0 aliphatic rings. The minimum absolute atomic E-state index is 0.0200. The Morgan fingerprint density at radius 2 is 2.00 bits per heavy atom. The van der Waals surface area contributed by atoms with Crippen LogP contribution in [0.25, 0.3) is 0 Å². The van der Waals surface area contributed by atoms with Gasteiger partial charge in [-0.05, 0) is 23.8 Å². The molecular formula is C13H13NO5S2. The van der Waals surface area contributed by atoms with Crippen LogP contribution in [-0.4, -0.2) is 26.6 Å². The molecule has 2 aromatic rings. The van der Waals surface area contributed by atoms with E-state index in [0.717, 1.165) is 23.0 Å². The molecule has 0 unspecified atom stereocenters. The molecule has 0 aliphatic carbocycles. The second-order valence-electron chi connectivity index (χ2n) is 4.13. The first-order valence-corrected chi connectivity index (χ1v) is 8.23. The van der Waals surface area contributed by atoms with Crippen molar-refractivity contribution >= 4 is 27.3 Å². The standard InChI is InChI=1S/C13H13NO5S2/c1-19-11-4-2-9(3-5-11)7-14-21(17,18)12-6-10(8-20-12)13(15)16/h2-6,8,14H,7H2,1H3,(H,15,16). The van der Waals surface area contributed by atoms with Crippen molar-refractivity contribution in [3.05, 3.63) is 46.8 Å². The summed E-state index contributed by atoms with van der Waals surface area (Å²) in [5.74, 6) is -0.464. The van der Waals surface area contributed by atoms with Gasteiger partial charge >= 0.3 is 5.97 Å². The number of carbonyl (C=O) groups is 1. The molecule has 1 heterocycles. The topological polar surface area (TPSA) is 92.7 Å². The summed E-state index contributed by atoms with van der Waals surface area (Å²) in [6.45, 7) is 0.118. The van der Waals surface area contributed by atoms with E-state index in [2.05, 4.69) is 4.72 Å². The van der Waals surface area contributed by atoms with E-state index in [0.29, 0.717) is 5.75 Å². The summed E-state index contributed by atoms with van der Waals surface area (Å²) >= 11 is 0.875. The van der Waals surface area contributed by atoms with Gasteiger partial charge in [-0.25, -0.2) is 17.9 Å². The van der Waals surface area contributed by atoms with E-state index in [1.54, 1.807) is 31.4 Å². The van der Waals surface area contributed by atoms with Crippen molar-refractivity contribution in [1.82, 2.24) is 4.72 Å². The zero-order valence-corrected chi connectivity index (χ0v) is 12.7. The van der Waals surface area contributed by atoms with E-state index in [9.17, 15) is 13.2 Å². The fourth-order valence-corrected chi connectivity index (χ4v) is 3.78. The Morgan fingerprint density at radius 3 is 2.52 bits per heavy atom. The Bertz CT molecular complexity index is 734. The Morgan fingerprint density at radius 1 is 1.33 bits per heavy atom. The SMILES string of the molecule is COc1ccc(CNS(=O)(=O)c2cc(C(=O)O)cs2)cc1. The van der Waals surface area contributed by atoms with Gasteiger partial charge in [-0.1, -0.05) is 12.1 Å². The minimum Gasteiger partial charge on any atom is -0.497 e. The van der Waals surface area contributed by atoms with Crippen LogP contribution in [0.4, 0.5) is 0 Å². The van der Waals surface area contributed by atoms with Crippen molar-refractivity contribution in [1.29, 1.82) is 0 Å². The summed E-state index contributed by atoms with van der Waals surface area (Å²) in [5.41, 5.74) is 0.735. The van der Waals surface area contributed by atoms with Crippen LogP contribution in [0.2, 0.25) is 0 Å². The van der Waals surface area contributed by atoms with E-state index < -0.39 is 16.0 Å². The molecule has 0 amide bonds. The molecule has 2 rings (SSSR count). The highest BCUT2D eigenvalue weighted by atomic mass is 32.2. The lowest BCUT2D eigenvalue weighted by atomic mass is 10.2. The molecule has 0 saturated heterocycles. The van der Waals surface area contributed by atoms with Gasteiger partial charge in [0.1, 0.15) is 9.96 Å². The van der Waals surface area contributed by atoms with Crippen molar-refractivity contribution in [2.24, 2.45) is 0 Å². The van der Waals surface area contributed by atoms with Crippen LogP contribution >= 0.6 is 11.3 Å². The lowest BCUT2D eigenvalue weighted by Crippen LogP contribution is -2.22. The van der Waals surface area contributed by atoms with Crippen molar-refractivity contribution in [2.75, 3.05) is 7.11 Å². The Balaban J connectivity index is 2.07. The lowest BCUT2D eigenvalue weighted by molar-refractivity contribution is 0.0697. The van der Waals surface area contributed by atoms with Crippen LogP contribution in [-0.2, 0) is 16.6 Å². The molecule has 1 aromatic heterocycles. The second kappa shape index (κ2) is 6.25. The molecular weight excluding hydrogens is 314 g/mol. The van der Waals surface area contributed by atoms with E-state index in [4.69, 9.17) is 9.84 Å². The third-order valence-corrected chi connectivity index (χ3v) is 5.55. The van der Waals surface area contributed by atoms with Crippen LogP contribution < -0.4 is 9.46 Å². The van der Waals surface area contributed by atoms with Crippen molar-refractivity contribution in [3.8, 4) is 5.75 Å².